The number of hydrogen-bond donors (Lipinski definition) is 1. The Balaban J connectivity index is 1.63. The fourth-order valence-corrected chi connectivity index (χ4v) is 3.13. The first kappa shape index (κ1) is 12.4. The second-order valence-electron chi connectivity index (χ2n) is 6.07. The van der Waals surface area contributed by atoms with Gasteiger partial charge in [0.25, 0.3) is 5.91 Å². The Hall–Kier alpha value is -0.610. The van der Waals surface area contributed by atoms with Gasteiger partial charge in [-0.3, -0.25) is 4.79 Å². The molecule has 1 amide bonds. The highest BCUT2D eigenvalue weighted by Gasteiger charge is 2.40. The van der Waals surface area contributed by atoms with Crippen LogP contribution in [0.3, 0.4) is 0 Å². The van der Waals surface area contributed by atoms with Crippen molar-refractivity contribution in [2.75, 3.05) is 19.7 Å². The third-order valence-electron chi connectivity index (χ3n) is 4.48. The summed E-state index contributed by atoms with van der Waals surface area (Å²) in [6, 6.07) is 1.00. The molecule has 1 N–H and O–H groups in total. The third-order valence-corrected chi connectivity index (χ3v) is 4.48. The van der Waals surface area contributed by atoms with E-state index in [1.807, 2.05) is 0 Å². The molecule has 3 aliphatic rings. The molecular weight excluding hydrogens is 228 g/mol. The quantitative estimate of drug-likeness (QED) is 0.816. The van der Waals surface area contributed by atoms with E-state index in [0.29, 0.717) is 18.0 Å². The summed E-state index contributed by atoms with van der Waals surface area (Å²) >= 11 is 0. The van der Waals surface area contributed by atoms with Gasteiger partial charge in [0, 0.05) is 25.2 Å². The van der Waals surface area contributed by atoms with Crippen molar-refractivity contribution in [2.24, 2.45) is 5.92 Å². The second kappa shape index (κ2) is 5.17. The van der Waals surface area contributed by atoms with E-state index in [1.165, 1.54) is 25.7 Å². The lowest BCUT2D eigenvalue weighted by Crippen LogP contribution is -2.47. The monoisotopic (exact) mass is 252 g/mol. The van der Waals surface area contributed by atoms with Crippen molar-refractivity contribution in [1.82, 2.24) is 10.2 Å². The van der Waals surface area contributed by atoms with Gasteiger partial charge in [-0.25, -0.2) is 0 Å². The van der Waals surface area contributed by atoms with E-state index in [1.54, 1.807) is 0 Å². The third kappa shape index (κ3) is 2.54. The molecule has 0 aromatic heterocycles. The first-order valence-electron chi connectivity index (χ1n) is 7.41. The largest absolute Gasteiger partial charge is 0.368 e. The summed E-state index contributed by atoms with van der Waals surface area (Å²) in [7, 11) is 0. The zero-order chi connectivity index (χ0) is 12.5. The van der Waals surface area contributed by atoms with E-state index in [-0.39, 0.29) is 12.0 Å². The Kier molecular flexibility index (Phi) is 3.57. The number of carbonyl (C=O) groups excluding carboxylic acids is 1. The Bertz CT molecular complexity index is 311. The highest BCUT2D eigenvalue weighted by molar-refractivity contribution is 5.82. The molecule has 2 heterocycles. The SMILES string of the molecule is CC1CCOC1C(=O)N(CC1CCCN1)C1CC1. The molecule has 3 rings (SSSR count). The molecule has 0 aromatic carbocycles. The minimum absolute atomic E-state index is 0.174. The Labute approximate surface area is 109 Å². The molecule has 1 aliphatic carbocycles. The van der Waals surface area contributed by atoms with Gasteiger partial charge < -0.3 is 15.0 Å². The predicted molar refractivity (Wildman–Crippen MR) is 69.3 cm³/mol. The molecule has 0 aromatic rings. The molecular formula is C14H24N2O2. The Morgan fingerprint density at radius 3 is 2.72 bits per heavy atom. The van der Waals surface area contributed by atoms with Crippen molar-refractivity contribution in [2.45, 2.75) is 57.2 Å². The van der Waals surface area contributed by atoms with Crippen LogP contribution in [0.4, 0.5) is 0 Å². The number of amides is 1. The van der Waals surface area contributed by atoms with Crippen LogP contribution in [0.15, 0.2) is 0 Å². The standard InChI is InChI=1S/C14H24N2O2/c1-10-6-8-18-13(10)14(17)16(12-4-5-12)9-11-3-2-7-15-11/h10-13,15H,2-9H2,1H3. The summed E-state index contributed by atoms with van der Waals surface area (Å²) in [5, 5.41) is 3.49. The van der Waals surface area contributed by atoms with Crippen LogP contribution < -0.4 is 5.32 Å². The van der Waals surface area contributed by atoms with Crippen molar-refractivity contribution >= 4 is 5.91 Å². The molecule has 18 heavy (non-hydrogen) atoms. The zero-order valence-corrected chi connectivity index (χ0v) is 11.2. The first-order valence-corrected chi connectivity index (χ1v) is 7.41. The molecule has 3 atom stereocenters. The molecule has 2 saturated heterocycles. The molecule has 1 saturated carbocycles. The van der Waals surface area contributed by atoms with Crippen molar-refractivity contribution in [3.63, 3.8) is 0 Å². The van der Waals surface area contributed by atoms with Crippen LogP contribution in [0, 0.1) is 5.92 Å². The van der Waals surface area contributed by atoms with Crippen LogP contribution in [0.1, 0.15) is 39.0 Å². The van der Waals surface area contributed by atoms with Gasteiger partial charge >= 0.3 is 0 Å². The maximum Gasteiger partial charge on any atom is 0.252 e. The summed E-state index contributed by atoms with van der Waals surface area (Å²) < 4.78 is 5.64. The van der Waals surface area contributed by atoms with E-state index >= 15 is 0 Å². The van der Waals surface area contributed by atoms with Gasteiger partial charge in [-0.15, -0.1) is 0 Å². The van der Waals surface area contributed by atoms with E-state index in [4.69, 9.17) is 4.74 Å². The average molecular weight is 252 g/mol. The summed E-state index contributed by atoms with van der Waals surface area (Å²) in [6.07, 6.45) is 5.66. The van der Waals surface area contributed by atoms with Gasteiger partial charge in [0.05, 0.1) is 0 Å². The Morgan fingerprint density at radius 1 is 1.33 bits per heavy atom. The molecule has 0 bridgehead atoms. The van der Waals surface area contributed by atoms with Crippen LogP contribution in [0.5, 0.6) is 0 Å². The lowest BCUT2D eigenvalue weighted by molar-refractivity contribution is -0.143. The molecule has 102 valence electrons. The van der Waals surface area contributed by atoms with Crippen LogP contribution >= 0.6 is 0 Å². The summed E-state index contributed by atoms with van der Waals surface area (Å²) in [6.45, 7) is 4.87. The minimum Gasteiger partial charge on any atom is -0.368 e. The van der Waals surface area contributed by atoms with Crippen LogP contribution in [-0.4, -0.2) is 48.7 Å². The van der Waals surface area contributed by atoms with Gasteiger partial charge in [-0.05, 0) is 44.6 Å². The number of hydrogen-bond acceptors (Lipinski definition) is 3. The first-order chi connectivity index (χ1) is 8.75. The van der Waals surface area contributed by atoms with Gasteiger partial charge in [-0.1, -0.05) is 6.92 Å². The van der Waals surface area contributed by atoms with Gasteiger partial charge in [0.2, 0.25) is 0 Å². The van der Waals surface area contributed by atoms with Gasteiger partial charge in [0.15, 0.2) is 0 Å². The van der Waals surface area contributed by atoms with E-state index < -0.39 is 0 Å². The molecule has 3 fully saturated rings. The highest BCUT2D eigenvalue weighted by atomic mass is 16.5. The van der Waals surface area contributed by atoms with Crippen LogP contribution in [-0.2, 0) is 9.53 Å². The lowest BCUT2D eigenvalue weighted by Gasteiger charge is -2.29. The van der Waals surface area contributed by atoms with Crippen LogP contribution in [0.25, 0.3) is 0 Å². The van der Waals surface area contributed by atoms with Gasteiger partial charge in [-0.2, -0.15) is 0 Å². The molecule has 3 unspecified atom stereocenters. The highest BCUT2D eigenvalue weighted by Crippen LogP contribution is 2.31. The number of ether oxygens (including phenoxy) is 1. The normalized spacial score (nSPS) is 35.9. The molecule has 4 heteroatoms. The lowest BCUT2D eigenvalue weighted by atomic mass is 10.0. The van der Waals surface area contributed by atoms with Crippen molar-refractivity contribution in [3.05, 3.63) is 0 Å². The molecule has 4 nitrogen and oxygen atoms in total. The van der Waals surface area contributed by atoms with Gasteiger partial charge in [0.1, 0.15) is 6.10 Å². The maximum atomic E-state index is 12.6. The van der Waals surface area contributed by atoms with Crippen LogP contribution in [0.2, 0.25) is 0 Å². The number of nitrogens with one attached hydrogen (secondary N) is 1. The van der Waals surface area contributed by atoms with E-state index in [9.17, 15) is 4.79 Å². The Morgan fingerprint density at radius 2 is 2.17 bits per heavy atom. The maximum absolute atomic E-state index is 12.6. The summed E-state index contributed by atoms with van der Waals surface area (Å²) in [4.78, 5) is 14.7. The smallest absolute Gasteiger partial charge is 0.252 e. The van der Waals surface area contributed by atoms with E-state index in [2.05, 4.69) is 17.1 Å². The van der Waals surface area contributed by atoms with Crippen molar-refractivity contribution in [1.29, 1.82) is 0 Å². The summed E-state index contributed by atoms with van der Waals surface area (Å²) in [5.41, 5.74) is 0. The summed E-state index contributed by atoms with van der Waals surface area (Å²) in [5.74, 6) is 0.631. The topological polar surface area (TPSA) is 41.6 Å². The fourth-order valence-electron chi connectivity index (χ4n) is 3.13. The second-order valence-corrected chi connectivity index (χ2v) is 6.07. The zero-order valence-electron chi connectivity index (χ0n) is 11.2. The van der Waals surface area contributed by atoms with Crippen molar-refractivity contribution in [3.8, 4) is 0 Å². The van der Waals surface area contributed by atoms with Crippen molar-refractivity contribution < 1.29 is 9.53 Å². The van der Waals surface area contributed by atoms with E-state index in [0.717, 1.165) is 26.1 Å². The molecule has 0 radical (unpaired) electrons. The molecule has 0 spiro atoms. The predicted octanol–water partition coefficient (Wildman–Crippen LogP) is 1.15. The molecule has 2 aliphatic heterocycles. The number of nitrogens with zero attached hydrogens (tertiary/aromatic N) is 1. The fraction of sp³-hybridized carbons (Fsp3) is 0.929. The number of rotatable bonds is 4. The average Bonchev–Trinajstić information content (AvgIpc) is 2.89. The number of carbonyl (C=O) groups is 1. The minimum atomic E-state index is -0.174.